The number of ether oxygens (including phenoxy) is 2. The number of benzene rings is 2. The molecule has 3 heterocycles. The minimum Gasteiger partial charge on any atom is -0.454 e. The second kappa shape index (κ2) is 6.73. The van der Waals surface area contributed by atoms with Crippen molar-refractivity contribution in [1.82, 2.24) is 9.78 Å². The van der Waals surface area contributed by atoms with Crippen LogP contribution < -0.4 is 14.8 Å². The van der Waals surface area contributed by atoms with Crippen molar-refractivity contribution in [3.05, 3.63) is 64.3 Å². The highest BCUT2D eigenvalue weighted by molar-refractivity contribution is 6.08. The number of hydrogen-bond acceptors (Lipinski definition) is 5. The molecule has 0 saturated carbocycles. The van der Waals surface area contributed by atoms with E-state index in [1.807, 2.05) is 39.0 Å². The van der Waals surface area contributed by atoms with Crippen LogP contribution in [0.5, 0.6) is 11.5 Å². The van der Waals surface area contributed by atoms with Crippen molar-refractivity contribution in [2.24, 2.45) is 0 Å². The zero-order valence-corrected chi connectivity index (χ0v) is 17.0. The molecule has 0 radical (unpaired) electrons. The smallest absolute Gasteiger partial charge is 0.231 e. The Balaban J connectivity index is 1.61. The second-order valence-corrected chi connectivity index (χ2v) is 7.72. The van der Waals surface area contributed by atoms with Crippen molar-refractivity contribution in [3.8, 4) is 17.2 Å². The number of fused-ring (bicyclic) bond motifs is 2. The summed E-state index contributed by atoms with van der Waals surface area (Å²) < 4.78 is 12.5. The first kappa shape index (κ1) is 18.4. The van der Waals surface area contributed by atoms with Crippen LogP contribution in [-0.2, 0) is 4.79 Å². The van der Waals surface area contributed by atoms with E-state index in [2.05, 4.69) is 10.4 Å². The number of nitrogens with zero attached hydrogens (tertiary/aromatic N) is 2. The molecule has 1 N–H and O–H groups in total. The van der Waals surface area contributed by atoms with Gasteiger partial charge in [0, 0.05) is 17.5 Å². The molecule has 5 rings (SSSR count). The van der Waals surface area contributed by atoms with Crippen LogP contribution in [0.2, 0.25) is 0 Å². The van der Waals surface area contributed by atoms with Crippen molar-refractivity contribution < 1.29 is 19.1 Å². The van der Waals surface area contributed by atoms with Crippen molar-refractivity contribution in [2.45, 2.75) is 33.1 Å². The van der Waals surface area contributed by atoms with E-state index in [9.17, 15) is 9.59 Å². The molecular weight excluding hydrogens is 382 g/mol. The van der Waals surface area contributed by atoms with Gasteiger partial charge in [-0.3, -0.25) is 9.59 Å². The standard InChI is InChI=1S/C23H21N3O4/c1-12-5-4-6-17(13(12)2)26-23-21(14(3)25-26)16(10-20(27)24-23)22(28)15-7-8-18-19(9-15)30-11-29-18/h4-9,16H,10-11H2,1-3H3,(H,24,27). The van der Waals surface area contributed by atoms with E-state index in [4.69, 9.17) is 9.47 Å². The maximum atomic E-state index is 13.4. The van der Waals surface area contributed by atoms with Crippen LogP contribution in [0, 0.1) is 20.8 Å². The Morgan fingerprint density at radius 1 is 1.13 bits per heavy atom. The van der Waals surface area contributed by atoms with E-state index >= 15 is 0 Å². The summed E-state index contributed by atoms with van der Waals surface area (Å²) in [5.74, 6) is 0.794. The molecule has 0 fully saturated rings. The molecule has 30 heavy (non-hydrogen) atoms. The van der Waals surface area contributed by atoms with E-state index in [1.165, 1.54) is 0 Å². The van der Waals surface area contributed by atoms with Crippen molar-refractivity contribution in [2.75, 3.05) is 12.1 Å². The number of carbonyl (C=O) groups excluding carboxylic acids is 2. The van der Waals surface area contributed by atoms with E-state index in [0.717, 1.165) is 28.1 Å². The average Bonchev–Trinajstić information content (AvgIpc) is 3.33. The maximum absolute atomic E-state index is 13.4. The number of Topliss-reactive ketones (excluding diaryl/α,β-unsaturated/α-hetero) is 1. The number of ketones is 1. The summed E-state index contributed by atoms with van der Waals surface area (Å²) in [6, 6.07) is 11.1. The molecule has 0 saturated heterocycles. The Labute approximate surface area is 173 Å². The molecule has 1 atom stereocenters. The van der Waals surface area contributed by atoms with Gasteiger partial charge in [0.15, 0.2) is 17.3 Å². The molecule has 1 aromatic heterocycles. The molecule has 7 heteroatoms. The normalized spacial score (nSPS) is 16.9. The van der Waals surface area contributed by atoms with Gasteiger partial charge in [-0.15, -0.1) is 0 Å². The van der Waals surface area contributed by atoms with Gasteiger partial charge in [0.1, 0.15) is 5.82 Å². The largest absolute Gasteiger partial charge is 0.454 e. The highest BCUT2D eigenvalue weighted by atomic mass is 16.7. The van der Waals surface area contributed by atoms with Crippen LogP contribution in [0.25, 0.3) is 5.69 Å². The Hall–Kier alpha value is -3.61. The van der Waals surface area contributed by atoms with Crippen LogP contribution in [0.15, 0.2) is 36.4 Å². The number of anilines is 1. The third-order valence-electron chi connectivity index (χ3n) is 5.88. The van der Waals surface area contributed by atoms with Gasteiger partial charge in [-0.1, -0.05) is 12.1 Å². The number of nitrogens with one attached hydrogen (secondary N) is 1. The van der Waals surface area contributed by atoms with Crippen molar-refractivity contribution in [1.29, 1.82) is 0 Å². The summed E-state index contributed by atoms with van der Waals surface area (Å²) in [7, 11) is 0. The van der Waals surface area contributed by atoms with Crippen molar-refractivity contribution in [3.63, 3.8) is 0 Å². The number of aromatic nitrogens is 2. The molecule has 2 aliphatic rings. The predicted octanol–water partition coefficient (Wildman–Crippen LogP) is 3.83. The number of aryl methyl sites for hydroxylation is 2. The van der Waals surface area contributed by atoms with Gasteiger partial charge in [-0.05, 0) is 56.2 Å². The van der Waals surface area contributed by atoms with Gasteiger partial charge >= 0.3 is 0 Å². The molecule has 1 amide bonds. The average molecular weight is 403 g/mol. The fourth-order valence-electron chi connectivity index (χ4n) is 4.16. The summed E-state index contributed by atoms with van der Waals surface area (Å²) >= 11 is 0. The quantitative estimate of drug-likeness (QED) is 0.672. The number of rotatable bonds is 3. The molecule has 152 valence electrons. The van der Waals surface area contributed by atoms with Crippen LogP contribution >= 0.6 is 0 Å². The summed E-state index contributed by atoms with van der Waals surface area (Å²) in [4.78, 5) is 26.0. The second-order valence-electron chi connectivity index (χ2n) is 7.72. The molecule has 0 spiro atoms. The first-order valence-electron chi connectivity index (χ1n) is 9.84. The van der Waals surface area contributed by atoms with Gasteiger partial charge in [-0.2, -0.15) is 5.10 Å². The van der Waals surface area contributed by atoms with Gasteiger partial charge in [-0.25, -0.2) is 4.68 Å². The third-order valence-corrected chi connectivity index (χ3v) is 5.88. The van der Waals surface area contributed by atoms with E-state index in [0.29, 0.717) is 22.9 Å². The van der Waals surface area contributed by atoms with Gasteiger partial charge in [0.05, 0.1) is 17.3 Å². The lowest BCUT2D eigenvalue weighted by Gasteiger charge is -2.23. The zero-order valence-electron chi connectivity index (χ0n) is 17.0. The fraction of sp³-hybridized carbons (Fsp3) is 0.261. The lowest BCUT2D eigenvalue weighted by molar-refractivity contribution is -0.116. The van der Waals surface area contributed by atoms with Crippen LogP contribution in [0.1, 0.15) is 45.1 Å². The SMILES string of the molecule is Cc1cccc(-n2nc(C)c3c2NC(=O)CC3C(=O)c2ccc3c(c2)OCO3)c1C. The topological polar surface area (TPSA) is 82.5 Å². The van der Waals surface area contributed by atoms with Gasteiger partial charge in [0.2, 0.25) is 12.7 Å². The van der Waals surface area contributed by atoms with Gasteiger partial charge < -0.3 is 14.8 Å². The Bertz CT molecular complexity index is 1210. The Morgan fingerprint density at radius 3 is 2.77 bits per heavy atom. The Kier molecular flexibility index (Phi) is 4.13. The monoisotopic (exact) mass is 403 g/mol. The van der Waals surface area contributed by atoms with Crippen LogP contribution in [0.3, 0.4) is 0 Å². The minimum absolute atomic E-state index is 0.0829. The predicted molar refractivity (Wildman–Crippen MR) is 111 cm³/mol. The number of hydrogen-bond donors (Lipinski definition) is 1. The first-order chi connectivity index (χ1) is 14.4. The molecule has 0 aliphatic carbocycles. The molecule has 2 aromatic carbocycles. The molecule has 0 bridgehead atoms. The minimum atomic E-state index is -0.604. The lowest BCUT2D eigenvalue weighted by atomic mass is 9.85. The van der Waals surface area contributed by atoms with Crippen molar-refractivity contribution >= 4 is 17.5 Å². The molecule has 2 aliphatic heterocycles. The maximum Gasteiger partial charge on any atom is 0.231 e. The summed E-state index contributed by atoms with van der Waals surface area (Å²) in [5, 5.41) is 7.63. The van der Waals surface area contributed by atoms with E-state index < -0.39 is 5.92 Å². The van der Waals surface area contributed by atoms with E-state index in [1.54, 1.807) is 22.9 Å². The Morgan fingerprint density at radius 2 is 1.93 bits per heavy atom. The van der Waals surface area contributed by atoms with Crippen LogP contribution in [-0.4, -0.2) is 28.3 Å². The van der Waals surface area contributed by atoms with E-state index in [-0.39, 0.29) is 24.9 Å². The summed E-state index contributed by atoms with van der Waals surface area (Å²) in [6.07, 6.45) is 0.0829. The highest BCUT2D eigenvalue weighted by Crippen LogP contribution is 2.40. The molecule has 3 aromatic rings. The highest BCUT2D eigenvalue weighted by Gasteiger charge is 2.37. The first-order valence-corrected chi connectivity index (χ1v) is 9.84. The van der Waals surface area contributed by atoms with Gasteiger partial charge in [0.25, 0.3) is 0 Å². The lowest BCUT2D eigenvalue weighted by Crippen LogP contribution is -2.28. The zero-order chi connectivity index (χ0) is 21.0. The molecule has 7 nitrogen and oxygen atoms in total. The molecule has 1 unspecified atom stereocenters. The number of carbonyl (C=O) groups is 2. The molecular formula is C23H21N3O4. The van der Waals surface area contributed by atoms with Crippen LogP contribution in [0.4, 0.5) is 5.82 Å². The summed E-state index contributed by atoms with van der Waals surface area (Å²) in [6.45, 7) is 6.07. The number of amides is 1. The fourth-order valence-corrected chi connectivity index (χ4v) is 4.16. The summed E-state index contributed by atoms with van der Waals surface area (Å²) in [5.41, 5.74) is 5.06. The third kappa shape index (κ3) is 2.77.